The zero-order valence-corrected chi connectivity index (χ0v) is 17.8. The van der Waals surface area contributed by atoms with E-state index in [-0.39, 0.29) is 17.5 Å². The van der Waals surface area contributed by atoms with Crippen LogP contribution in [0.3, 0.4) is 0 Å². The van der Waals surface area contributed by atoms with E-state index in [1.165, 1.54) is 30.2 Å². The summed E-state index contributed by atoms with van der Waals surface area (Å²) in [5.74, 6) is -0.398. The van der Waals surface area contributed by atoms with E-state index in [9.17, 15) is 9.18 Å². The lowest BCUT2D eigenvalue weighted by Crippen LogP contribution is -2.14. The smallest absolute Gasteiger partial charge is 0.234 e. The summed E-state index contributed by atoms with van der Waals surface area (Å²) in [6, 6.07) is 11.2. The number of rotatable bonds is 5. The molecule has 6 nitrogen and oxygen atoms in total. The standard InChI is InChI=1S/C19H12BrClFN5OS/c20-11-1-6-16(15(21)7-11)26-17(28)9-29-19-14-8-25-27(18(14)23-10-24-19)13-4-2-12(22)3-5-13/h1-8,10H,9H2,(H,26,28). The minimum Gasteiger partial charge on any atom is -0.324 e. The van der Waals surface area contributed by atoms with E-state index in [2.05, 4.69) is 36.3 Å². The molecular formula is C19H12BrClFN5OS. The molecule has 0 spiro atoms. The van der Waals surface area contributed by atoms with Crippen molar-refractivity contribution in [2.24, 2.45) is 0 Å². The summed E-state index contributed by atoms with van der Waals surface area (Å²) in [6.07, 6.45) is 3.04. The zero-order chi connectivity index (χ0) is 20.4. The highest BCUT2D eigenvalue weighted by Crippen LogP contribution is 2.28. The highest BCUT2D eigenvalue weighted by atomic mass is 79.9. The van der Waals surface area contributed by atoms with E-state index in [0.717, 1.165) is 4.47 Å². The Kier molecular flexibility index (Phi) is 5.79. The molecule has 0 radical (unpaired) electrons. The first kappa shape index (κ1) is 19.8. The van der Waals surface area contributed by atoms with Gasteiger partial charge in [0.25, 0.3) is 0 Å². The lowest BCUT2D eigenvalue weighted by molar-refractivity contribution is -0.113. The number of nitrogens with one attached hydrogen (secondary N) is 1. The molecule has 0 bridgehead atoms. The molecule has 1 amide bonds. The van der Waals surface area contributed by atoms with Gasteiger partial charge in [0.1, 0.15) is 17.2 Å². The third kappa shape index (κ3) is 4.42. The van der Waals surface area contributed by atoms with Crippen molar-refractivity contribution in [1.82, 2.24) is 19.7 Å². The molecule has 29 heavy (non-hydrogen) atoms. The van der Waals surface area contributed by atoms with Crippen LogP contribution in [0.25, 0.3) is 16.7 Å². The Labute approximate surface area is 182 Å². The summed E-state index contributed by atoms with van der Waals surface area (Å²) < 4.78 is 15.6. The lowest BCUT2D eigenvalue weighted by Gasteiger charge is -2.07. The Morgan fingerprint density at radius 3 is 2.76 bits per heavy atom. The topological polar surface area (TPSA) is 72.7 Å². The van der Waals surface area contributed by atoms with Gasteiger partial charge in [0.2, 0.25) is 5.91 Å². The van der Waals surface area contributed by atoms with Gasteiger partial charge < -0.3 is 5.32 Å². The second kappa shape index (κ2) is 8.48. The highest BCUT2D eigenvalue weighted by Gasteiger charge is 2.14. The summed E-state index contributed by atoms with van der Waals surface area (Å²) in [7, 11) is 0. The molecular weight excluding hydrogens is 481 g/mol. The van der Waals surface area contributed by atoms with Crippen LogP contribution in [0.4, 0.5) is 10.1 Å². The van der Waals surface area contributed by atoms with Crippen LogP contribution in [0.5, 0.6) is 0 Å². The van der Waals surface area contributed by atoms with Gasteiger partial charge in [-0.25, -0.2) is 19.0 Å². The number of anilines is 1. The van der Waals surface area contributed by atoms with Crippen molar-refractivity contribution in [2.45, 2.75) is 5.03 Å². The second-order valence-corrected chi connectivity index (χ2v) is 8.20. The first-order valence-electron chi connectivity index (χ1n) is 8.33. The number of nitrogens with zero attached hydrogens (tertiary/aromatic N) is 4. The lowest BCUT2D eigenvalue weighted by atomic mass is 10.3. The van der Waals surface area contributed by atoms with Gasteiger partial charge in [-0.05, 0) is 42.5 Å². The molecule has 0 aliphatic heterocycles. The molecule has 2 aromatic heterocycles. The SMILES string of the molecule is O=C(CSc1ncnc2c1cnn2-c1ccc(F)cc1)Nc1ccc(Br)cc1Cl. The average Bonchev–Trinajstić information content (AvgIpc) is 3.14. The largest absolute Gasteiger partial charge is 0.324 e. The molecule has 0 unspecified atom stereocenters. The van der Waals surface area contributed by atoms with Crippen LogP contribution in [0.2, 0.25) is 5.02 Å². The highest BCUT2D eigenvalue weighted by molar-refractivity contribution is 9.10. The number of aromatic nitrogens is 4. The summed E-state index contributed by atoms with van der Waals surface area (Å²) in [5, 5.41) is 8.88. The first-order valence-corrected chi connectivity index (χ1v) is 10.5. The molecule has 146 valence electrons. The van der Waals surface area contributed by atoms with E-state index in [1.54, 1.807) is 41.2 Å². The summed E-state index contributed by atoms with van der Waals surface area (Å²) in [6.45, 7) is 0. The monoisotopic (exact) mass is 491 g/mol. The predicted molar refractivity (Wildman–Crippen MR) is 115 cm³/mol. The molecule has 10 heteroatoms. The fourth-order valence-electron chi connectivity index (χ4n) is 2.62. The molecule has 4 aromatic rings. The van der Waals surface area contributed by atoms with Crippen molar-refractivity contribution in [3.63, 3.8) is 0 Å². The quantitative estimate of drug-likeness (QED) is 0.310. The maximum Gasteiger partial charge on any atom is 0.234 e. The number of benzene rings is 2. The Bertz CT molecular complexity index is 1200. The molecule has 0 aliphatic rings. The molecule has 4 rings (SSSR count). The van der Waals surface area contributed by atoms with Gasteiger partial charge in [-0.1, -0.05) is 39.3 Å². The minimum absolute atomic E-state index is 0.139. The number of thioether (sulfide) groups is 1. The van der Waals surface area contributed by atoms with Crippen molar-refractivity contribution in [3.8, 4) is 5.69 Å². The Morgan fingerprint density at radius 1 is 1.21 bits per heavy atom. The van der Waals surface area contributed by atoms with E-state index >= 15 is 0 Å². The van der Waals surface area contributed by atoms with Crippen molar-refractivity contribution < 1.29 is 9.18 Å². The summed E-state index contributed by atoms with van der Waals surface area (Å²) in [5.41, 5.74) is 1.79. The molecule has 2 heterocycles. The van der Waals surface area contributed by atoms with Gasteiger partial charge in [-0.15, -0.1) is 0 Å². The van der Waals surface area contributed by atoms with E-state index in [4.69, 9.17) is 11.6 Å². The normalized spacial score (nSPS) is 11.0. The Balaban J connectivity index is 1.51. The third-order valence-electron chi connectivity index (χ3n) is 3.95. The van der Waals surface area contributed by atoms with E-state index < -0.39 is 0 Å². The number of carbonyl (C=O) groups excluding carboxylic acids is 1. The first-order chi connectivity index (χ1) is 14.0. The van der Waals surface area contributed by atoms with E-state index in [1.807, 2.05) is 0 Å². The third-order valence-corrected chi connectivity index (χ3v) is 5.76. The number of halogens is 3. The molecule has 0 saturated heterocycles. The Hall–Kier alpha value is -2.49. The number of hydrogen-bond donors (Lipinski definition) is 1. The van der Waals surface area contributed by atoms with Gasteiger partial charge in [0.15, 0.2) is 5.65 Å². The molecule has 0 fully saturated rings. The molecule has 0 saturated carbocycles. The van der Waals surface area contributed by atoms with Crippen molar-refractivity contribution >= 4 is 61.9 Å². The minimum atomic E-state index is -0.326. The van der Waals surface area contributed by atoms with Gasteiger partial charge in [-0.2, -0.15) is 5.10 Å². The van der Waals surface area contributed by atoms with Crippen molar-refractivity contribution in [1.29, 1.82) is 0 Å². The van der Waals surface area contributed by atoms with Gasteiger partial charge in [-0.3, -0.25) is 4.79 Å². The van der Waals surface area contributed by atoms with Crippen LogP contribution in [0.15, 0.2) is 64.5 Å². The average molecular weight is 493 g/mol. The fraction of sp³-hybridized carbons (Fsp3) is 0.0526. The molecule has 1 N–H and O–H groups in total. The molecule has 0 atom stereocenters. The number of hydrogen-bond acceptors (Lipinski definition) is 5. The fourth-order valence-corrected chi connectivity index (χ4v) is 4.10. The summed E-state index contributed by atoms with van der Waals surface area (Å²) >= 11 is 10.7. The molecule has 0 aliphatic carbocycles. The Morgan fingerprint density at radius 2 is 2.00 bits per heavy atom. The van der Waals surface area contributed by atoms with Gasteiger partial charge in [0.05, 0.1) is 33.7 Å². The van der Waals surface area contributed by atoms with Crippen molar-refractivity contribution in [3.05, 3.63) is 70.3 Å². The van der Waals surface area contributed by atoms with E-state index in [0.29, 0.717) is 32.5 Å². The number of fused-ring (bicyclic) bond motifs is 1. The van der Waals surface area contributed by atoms with Crippen LogP contribution >= 0.6 is 39.3 Å². The van der Waals surface area contributed by atoms with Gasteiger partial charge in [0, 0.05) is 4.47 Å². The molecule has 2 aromatic carbocycles. The zero-order valence-electron chi connectivity index (χ0n) is 14.6. The van der Waals surface area contributed by atoms with Crippen LogP contribution in [-0.4, -0.2) is 31.4 Å². The number of carbonyl (C=O) groups is 1. The maximum absolute atomic E-state index is 13.2. The van der Waals surface area contributed by atoms with Crippen molar-refractivity contribution in [2.75, 3.05) is 11.1 Å². The van der Waals surface area contributed by atoms with Crippen LogP contribution < -0.4 is 5.32 Å². The maximum atomic E-state index is 13.2. The van der Waals surface area contributed by atoms with Gasteiger partial charge >= 0.3 is 0 Å². The van der Waals surface area contributed by atoms with Crippen LogP contribution in [0, 0.1) is 5.82 Å². The summed E-state index contributed by atoms with van der Waals surface area (Å²) in [4.78, 5) is 20.9. The number of amides is 1. The van der Waals surface area contributed by atoms with Crippen LogP contribution in [-0.2, 0) is 4.79 Å². The second-order valence-electron chi connectivity index (χ2n) is 5.91. The predicted octanol–water partition coefficient (Wildman–Crippen LogP) is 5.10. The van der Waals surface area contributed by atoms with Crippen LogP contribution in [0.1, 0.15) is 0 Å².